The maximum absolute atomic E-state index is 12.4. The zero-order valence-corrected chi connectivity index (χ0v) is 41.4. The lowest BCUT2D eigenvalue weighted by molar-refractivity contribution is -0.143. The van der Waals surface area contributed by atoms with Gasteiger partial charge in [0.2, 0.25) is 5.91 Å². The average Bonchev–Trinajstić information content (AvgIpc) is 3.27. The van der Waals surface area contributed by atoms with Gasteiger partial charge in [0, 0.05) is 12.8 Å². The van der Waals surface area contributed by atoms with Crippen molar-refractivity contribution in [1.82, 2.24) is 5.32 Å². The minimum absolute atomic E-state index is 0.0201. The van der Waals surface area contributed by atoms with Gasteiger partial charge in [-0.2, -0.15) is 0 Å². The molecule has 0 radical (unpaired) electrons. The number of rotatable bonds is 50. The van der Waals surface area contributed by atoms with Gasteiger partial charge in [-0.15, -0.1) is 0 Å². The highest BCUT2D eigenvalue weighted by molar-refractivity contribution is 5.76. The zero-order chi connectivity index (χ0) is 45.1. The molecule has 6 heteroatoms. The molecule has 0 aromatic heterocycles. The highest BCUT2D eigenvalue weighted by Crippen LogP contribution is 2.15. The van der Waals surface area contributed by atoms with E-state index in [9.17, 15) is 19.8 Å². The molecule has 6 nitrogen and oxygen atoms in total. The Bertz CT molecular complexity index is 1010. The standard InChI is InChI=1S/C56H105NO5/c1-3-5-7-9-11-13-15-17-19-21-24-28-32-36-40-44-48-54(59)53(52-58)57-55(60)49-45-41-37-33-29-25-22-20-23-27-31-35-39-43-47-51-62-56(61)50-46-42-38-34-30-26-18-16-14-12-10-8-6-4-2/h16,18,23,27,44,48,53-54,58-59H,3-15,17,19-22,24-26,28-43,45-47,49-52H2,1-2H3,(H,57,60)/b18-16-,27-23-,48-44+. The lowest BCUT2D eigenvalue weighted by Gasteiger charge is -2.20. The Labute approximate surface area is 385 Å². The van der Waals surface area contributed by atoms with Crippen LogP contribution in [0.5, 0.6) is 0 Å². The molecule has 0 bridgehead atoms. The molecule has 2 atom stereocenters. The van der Waals surface area contributed by atoms with Crippen LogP contribution < -0.4 is 5.32 Å². The van der Waals surface area contributed by atoms with Gasteiger partial charge in [-0.25, -0.2) is 0 Å². The number of hydrogen-bond donors (Lipinski definition) is 3. The number of unbranched alkanes of at least 4 members (excludes halogenated alkanes) is 35. The van der Waals surface area contributed by atoms with Crippen molar-refractivity contribution in [3.8, 4) is 0 Å². The molecule has 0 aliphatic carbocycles. The molecule has 0 aromatic carbocycles. The minimum Gasteiger partial charge on any atom is -0.466 e. The third-order valence-corrected chi connectivity index (χ3v) is 12.4. The summed E-state index contributed by atoms with van der Waals surface area (Å²) in [4.78, 5) is 24.5. The smallest absolute Gasteiger partial charge is 0.305 e. The number of ether oxygens (including phenoxy) is 1. The fourth-order valence-corrected chi connectivity index (χ4v) is 8.15. The molecule has 0 saturated heterocycles. The maximum Gasteiger partial charge on any atom is 0.305 e. The van der Waals surface area contributed by atoms with Gasteiger partial charge < -0.3 is 20.3 Å². The van der Waals surface area contributed by atoms with Crippen molar-refractivity contribution < 1.29 is 24.5 Å². The van der Waals surface area contributed by atoms with E-state index in [1.807, 2.05) is 6.08 Å². The second kappa shape index (κ2) is 51.7. The highest BCUT2D eigenvalue weighted by Gasteiger charge is 2.18. The third kappa shape index (κ3) is 47.6. The third-order valence-electron chi connectivity index (χ3n) is 12.4. The molecule has 364 valence electrons. The average molecular weight is 872 g/mol. The summed E-state index contributed by atoms with van der Waals surface area (Å²) in [6.45, 7) is 4.85. The molecule has 0 spiro atoms. The van der Waals surface area contributed by atoms with Crippen molar-refractivity contribution >= 4 is 11.9 Å². The zero-order valence-electron chi connectivity index (χ0n) is 41.4. The number of nitrogens with one attached hydrogen (secondary N) is 1. The Kier molecular flexibility index (Phi) is 50.1. The van der Waals surface area contributed by atoms with Crippen LogP contribution in [0.25, 0.3) is 0 Å². The van der Waals surface area contributed by atoms with Crippen LogP contribution in [0.3, 0.4) is 0 Å². The van der Waals surface area contributed by atoms with Gasteiger partial charge in [0.05, 0.1) is 25.4 Å². The predicted molar refractivity (Wildman–Crippen MR) is 269 cm³/mol. The number of esters is 1. The molecule has 0 saturated carbocycles. The van der Waals surface area contributed by atoms with Crippen LogP contribution >= 0.6 is 0 Å². The summed E-state index contributed by atoms with van der Waals surface area (Å²) in [5.41, 5.74) is 0. The summed E-state index contributed by atoms with van der Waals surface area (Å²) in [6, 6.07) is -0.639. The lowest BCUT2D eigenvalue weighted by Crippen LogP contribution is -2.45. The summed E-state index contributed by atoms with van der Waals surface area (Å²) < 4.78 is 5.45. The van der Waals surface area contributed by atoms with E-state index in [0.717, 1.165) is 70.6 Å². The molecular formula is C56H105NO5. The first kappa shape index (κ1) is 60.1. The predicted octanol–water partition coefficient (Wildman–Crippen LogP) is 16.5. The number of carbonyl (C=O) groups excluding carboxylic acids is 2. The quantitative estimate of drug-likeness (QED) is 0.0321. The Hall–Kier alpha value is -1.92. The second-order valence-corrected chi connectivity index (χ2v) is 18.5. The van der Waals surface area contributed by atoms with Crippen molar-refractivity contribution in [2.24, 2.45) is 0 Å². The van der Waals surface area contributed by atoms with E-state index in [1.165, 1.54) is 186 Å². The van der Waals surface area contributed by atoms with Crippen molar-refractivity contribution in [2.45, 2.75) is 296 Å². The van der Waals surface area contributed by atoms with Crippen LogP contribution in [-0.4, -0.2) is 47.4 Å². The molecule has 3 N–H and O–H groups in total. The van der Waals surface area contributed by atoms with Gasteiger partial charge in [0.25, 0.3) is 0 Å². The summed E-state index contributed by atoms with van der Waals surface area (Å²) in [7, 11) is 0. The van der Waals surface area contributed by atoms with Gasteiger partial charge in [0.15, 0.2) is 0 Å². The van der Waals surface area contributed by atoms with Gasteiger partial charge in [0.1, 0.15) is 0 Å². The lowest BCUT2D eigenvalue weighted by atomic mass is 10.0. The first-order valence-corrected chi connectivity index (χ1v) is 27.3. The fraction of sp³-hybridized carbons (Fsp3) is 0.857. The number of allylic oxidation sites excluding steroid dienone is 5. The SMILES string of the molecule is CCCCCCC/C=C\CCCCCCCC(=O)OCCCCCC/C=C\CCCCCCCCCC(=O)NC(CO)C(O)/C=C/CCCCCCCCCCCCCCCC. The monoisotopic (exact) mass is 872 g/mol. The Morgan fingerprint density at radius 1 is 0.435 bits per heavy atom. The van der Waals surface area contributed by atoms with Crippen molar-refractivity contribution in [3.63, 3.8) is 0 Å². The van der Waals surface area contributed by atoms with Crippen LogP contribution in [0.1, 0.15) is 284 Å². The fourth-order valence-electron chi connectivity index (χ4n) is 8.15. The molecule has 1 amide bonds. The number of aliphatic hydroxyl groups excluding tert-OH is 2. The van der Waals surface area contributed by atoms with E-state index < -0.39 is 12.1 Å². The number of carbonyl (C=O) groups is 2. The normalized spacial score (nSPS) is 12.9. The topological polar surface area (TPSA) is 95.9 Å². The van der Waals surface area contributed by atoms with Crippen LogP contribution in [0, 0.1) is 0 Å². The van der Waals surface area contributed by atoms with Crippen molar-refractivity contribution in [1.29, 1.82) is 0 Å². The van der Waals surface area contributed by atoms with Gasteiger partial charge in [-0.05, 0) is 83.5 Å². The van der Waals surface area contributed by atoms with Crippen LogP contribution in [0.2, 0.25) is 0 Å². The molecular weight excluding hydrogens is 767 g/mol. The van der Waals surface area contributed by atoms with E-state index in [4.69, 9.17) is 4.74 Å². The first-order chi connectivity index (χ1) is 30.5. The summed E-state index contributed by atoms with van der Waals surface area (Å²) in [5.74, 6) is -0.103. The minimum atomic E-state index is -0.855. The molecule has 0 heterocycles. The molecule has 0 aliphatic heterocycles. The number of amides is 1. The van der Waals surface area contributed by atoms with E-state index in [0.29, 0.717) is 19.4 Å². The molecule has 0 aromatic rings. The summed E-state index contributed by atoms with van der Waals surface area (Å²) in [5, 5.41) is 23.1. The van der Waals surface area contributed by atoms with E-state index in [1.54, 1.807) is 6.08 Å². The van der Waals surface area contributed by atoms with Gasteiger partial charge >= 0.3 is 5.97 Å². The molecule has 0 rings (SSSR count). The molecule has 0 fully saturated rings. The highest BCUT2D eigenvalue weighted by atomic mass is 16.5. The van der Waals surface area contributed by atoms with Crippen molar-refractivity contribution in [2.75, 3.05) is 13.2 Å². The molecule has 2 unspecified atom stereocenters. The summed E-state index contributed by atoms with van der Waals surface area (Å²) in [6.07, 6.45) is 62.9. The molecule has 0 aliphatic rings. The Balaban J connectivity index is 3.52. The van der Waals surface area contributed by atoms with Gasteiger partial charge in [-0.1, -0.05) is 224 Å². The number of aliphatic hydroxyl groups is 2. The maximum atomic E-state index is 12.4. The Morgan fingerprint density at radius 2 is 0.758 bits per heavy atom. The van der Waals surface area contributed by atoms with Gasteiger partial charge in [-0.3, -0.25) is 9.59 Å². The number of hydrogen-bond acceptors (Lipinski definition) is 5. The van der Waals surface area contributed by atoms with Crippen molar-refractivity contribution in [3.05, 3.63) is 36.5 Å². The first-order valence-electron chi connectivity index (χ1n) is 27.3. The summed E-state index contributed by atoms with van der Waals surface area (Å²) >= 11 is 0. The van der Waals surface area contributed by atoms with Crippen LogP contribution in [0.4, 0.5) is 0 Å². The second-order valence-electron chi connectivity index (χ2n) is 18.5. The van der Waals surface area contributed by atoms with E-state index in [-0.39, 0.29) is 18.5 Å². The largest absolute Gasteiger partial charge is 0.466 e. The van der Waals surface area contributed by atoms with E-state index in [2.05, 4.69) is 43.5 Å². The Morgan fingerprint density at radius 3 is 1.15 bits per heavy atom. The van der Waals surface area contributed by atoms with Crippen LogP contribution in [0.15, 0.2) is 36.5 Å². The van der Waals surface area contributed by atoms with Crippen LogP contribution in [-0.2, 0) is 14.3 Å². The van der Waals surface area contributed by atoms with E-state index >= 15 is 0 Å². The molecule has 62 heavy (non-hydrogen) atoms.